The van der Waals surface area contributed by atoms with Gasteiger partial charge in [0.15, 0.2) is 0 Å². The summed E-state index contributed by atoms with van der Waals surface area (Å²) in [7, 11) is 0. The zero-order valence-corrected chi connectivity index (χ0v) is 9.24. The van der Waals surface area contributed by atoms with Gasteiger partial charge in [-0.2, -0.15) is 0 Å². The van der Waals surface area contributed by atoms with Gasteiger partial charge < -0.3 is 4.74 Å². The molecule has 0 radical (unpaired) electrons. The molecule has 0 aromatic rings. The van der Waals surface area contributed by atoms with Crippen LogP contribution < -0.4 is 0 Å². The number of ether oxygens (including phenoxy) is 1. The van der Waals surface area contributed by atoms with Crippen molar-refractivity contribution in [1.82, 2.24) is 0 Å². The Bertz CT molecular complexity index is 215. The largest absolute Gasteiger partial charge is 0.344 e. The van der Waals surface area contributed by atoms with E-state index in [-0.39, 0.29) is 5.79 Å². The maximum absolute atomic E-state index is 5.98. The smallest absolute Gasteiger partial charge is 0.201 e. The van der Waals surface area contributed by atoms with Crippen molar-refractivity contribution < 1.29 is 14.5 Å². The predicted molar refractivity (Wildman–Crippen MR) is 55.1 cm³/mol. The summed E-state index contributed by atoms with van der Waals surface area (Å²) in [5.41, 5.74) is 0. The minimum atomic E-state index is -0.378. The van der Waals surface area contributed by atoms with Crippen LogP contribution in [0.1, 0.15) is 57.8 Å². The summed E-state index contributed by atoms with van der Waals surface area (Å²) in [4.78, 5) is 11.1. The zero-order chi connectivity index (χ0) is 10.1. The van der Waals surface area contributed by atoms with E-state index in [0.717, 1.165) is 25.7 Å². The molecule has 3 saturated carbocycles. The summed E-state index contributed by atoms with van der Waals surface area (Å²) >= 11 is 0. The van der Waals surface area contributed by atoms with Gasteiger partial charge in [-0.15, -0.1) is 0 Å². The highest BCUT2D eigenvalue weighted by molar-refractivity contribution is 4.83. The standard InChI is InChI=1S/C12H20O3/c1-2-9-12(8-1,13-10-6-7-10)15-14-11-4-3-5-11/h10-11H,1-9H2. The molecule has 0 aromatic heterocycles. The molecule has 3 aliphatic rings. The van der Waals surface area contributed by atoms with Crippen LogP contribution in [0.4, 0.5) is 0 Å². The average Bonchev–Trinajstić information content (AvgIpc) is 2.82. The Balaban J connectivity index is 1.51. The summed E-state index contributed by atoms with van der Waals surface area (Å²) in [6.45, 7) is 0. The van der Waals surface area contributed by atoms with Gasteiger partial charge in [-0.3, -0.25) is 0 Å². The predicted octanol–water partition coefficient (Wildman–Crippen LogP) is 2.94. The second-order valence-corrected chi connectivity index (χ2v) is 5.17. The maximum Gasteiger partial charge on any atom is 0.201 e. The molecule has 0 amide bonds. The van der Waals surface area contributed by atoms with Crippen molar-refractivity contribution in [3.05, 3.63) is 0 Å². The van der Waals surface area contributed by atoms with E-state index in [1.165, 1.54) is 32.1 Å². The van der Waals surface area contributed by atoms with Crippen LogP contribution in [0.3, 0.4) is 0 Å². The highest BCUT2D eigenvalue weighted by Gasteiger charge is 2.43. The SMILES string of the molecule is C1CC(OOC2(OC3CC3)CCCC2)C1. The van der Waals surface area contributed by atoms with Crippen molar-refractivity contribution in [1.29, 1.82) is 0 Å². The molecule has 0 atom stereocenters. The first-order valence-electron chi connectivity index (χ1n) is 6.39. The Morgan fingerprint density at radius 3 is 2.07 bits per heavy atom. The van der Waals surface area contributed by atoms with Gasteiger partial charge in [0.2, 0.25) is 5.79 Å². The molecule has 3 nitrogen and oxygen atoms in total. The molecule has 0 saturated heterocycles. The second kappa shape index (κ2) is 4.04. The lowest BCUT2D eigenvalue weighted by molar-refractivity contribution is -0.451. The van der Waals surface area contributed by atoms with Crippen molar-refractivity contribution >= 4 is 0 Å². The fourth-order valence-corrected chi connectivity index (χ4v) is 2.25. The van der Waals surface area contributed by atoms with E-state index in [9.17, 15) is 0 Å². The van der Waals surface area contributed by atoms with Gasteiger partial charge in [-0.25, -0.2) is 9.78 Å². The highest BCUT2D eigenvalue weighted by Crippen LogP contribution is 2.41. The van der Waals surface area contributed by atoms with Gasteiger partial charge in [0.05, 0.1) is 12.2 Å². The molecule has 15 heavy (non-hydrogen) atoms. The van der Waals surface area contributed by atoms with Crippen LogP contribution in [0.15, 0.2) is 0 Å². The molecule has 3 heteroatoms. The lowest BCUT2D eigenvalue weighted by atomic mass is 9.97. The number of rotatable bonds is 5. The maximum atomic E-state index is 5.98. The minimum Gasteiger partial charge on any atom is -0.344 e. The summed E-state index contributed by atoms with van der Waals surface area (Å²) in [6, 6.07) is 0. The van der Waals surface area contributed by atoms with E-state index in [2.05, 4.69) is 0 Å². The van der Waals surface area contributed by atoms with Gasteiger partial charge in [-0.1, -0.05) is 0 Å². The lowest BCUT2D eigenvalue weighted by Crippen LogP contribution is -2.36. The van der Waals surface area contributed by atoms with Gasteiger partial charge in [-0.05, 0) is 44.9 Å². The van der Waals surface area contributed by atoms with Gasteiger partial charge >= 0.3 is 0 Å². The van der Waals surface area contributed by atoms with Crippen molar-refractivity contribution in [3.63, 3.8) is 0 Å². The van der Waals surface area contributed by atoms with Crippen LogP contribution >= 0.6 is 0 Å². The third kappa shape index (κ3) is 2.35. The van der Waals surface area contributed by atoms with Gasteiger partial charge in [0.1, 0.15) is 0 Å². The molecule has 86 valence electrons. The summed E-state index contributed by atoms with van der Waals surface area (Å²) in [6.07, 6.45) is 11.2. The van der Waals surface area contributed by atoms with E-state index < -0.39 is 0 Å². The van der Waals surface area contributed by atoms with E-state index in [0.29, 0.717) is 12.2 Å². The van der Waals surface area contributed by atoms with Crippen LogP contribution in [0, 0.1) is 0 Å². The minimum absolute atomic E-state index is 0.338. The lowest BCUT2D eigenvalue weighted by Gasteiger charge is -2.32. The molecule has 0 N–H and O–H groups in total. The van der Waals surface area contributed by atoms with Crippen molar-refractivity contribution in [2.75, 3.05) is 0 Å². The Hall–Kier alpha value is -0.120. The fraction of sp³-hybridized carbons (Fsp3) is 1.00. The number of hydrogen-bond acceptors (Lipinski definition) is 3. The first-order valence-corrected chi connectivity index (χ1v) is 6.39. The van der Waals surface area contributed by atoms with Gasteiger partial charge in [0.25, 0.3) is 0 Å². The van der Waals surface area contributed by atoms with E-state index >= 15 is 0 Å². The third-order valence-corrected chi connectivity index (χ3v) is 3.66. The molecular weight excluding hydrogens is 192 g/mol. The van der Waals surface area contributed by atoms with Gasteiger partial charge in [0, 0.05) is 12.8 Å². The summed E-state index contributed by atoms with van der Waals surface area (Å²) < 4.78 is 5.98. The highest BCUT2D eigenvalue weighted by atomic mass is 17.2. The molecule has 0 bridgehead atoms. The average molecular weight is 212 g/mol. The molecule has 3 aliphatic carbocycles. The topological polar surface area (TPSA) is 27.7 Å². The first kappa shape index (κ1) is 10.1. The van der Waals surface area contributed by atoms with E-state index in [1.54, 1.807) is 0 Å². The number of hydrogen-bond donors (Lipinski definition) is 0. The van der Waals surface area contributed by atoms with Crippen LogP contribution in [0.2, 0.25) is 0 Å². The zero-order valence-electron chi connectivity index (χ0n) is 9.24. The molecule has 0 unspecified atom stereocenters. The van der Waals surface area contributed by atoms with Crippen LogP contribution in [0.25, 0.3) is 0 Å². The first-order chi connectivity index (χ1) is 7.36. The molecule has 0 aromatic carbocycles. The Labute approximate surface area is 91.0 Å². The quantitative estimate of drug-likeness (QED) is 0.398. The molecule has 0 heterocycles. The monoisotopic (exact) mass is 212 g/mol. The third-order valence-electron chi connectivity index (χ3n) is 3.66. The van der Waals surface area contributed by atoms with Crippen molar-refractivity contribution in [2.24, 2.45) is 0 Å². The Morgan fingerprint density at radius 1 is 0.800 bits per heavy atom. The van der Waals surface area contributed by atoms with E-state index in [1.807, 2.05) is 0 Å². The molecule has 3 fully saturated rings. The normalized spacial score (nSPS) is 30.4. The van der Waals surface area contributed by atoms with Crippen LogP contribution in [-0.2, 0) is 14.5 Å². The Kier molecular flexibility index (Phi) is 2.71. The van der Waals surface area contributed by atoms with E-state index in [4.69, 9.17) is 14.5 Å². The second-order valence-electron chi connectivity index (χ2n) is 5.17. The fourth-order valence-electron chi connectivity index (χ4n) is 2.25. The molecule has 0 aliphatic heterocycles. The summed E-state index contributed by atoms with van der Waals surface area (Å²) in [5.74, 6) is -0.378. The molecule has 3 rings (SSSR count). The molecule has 0 spiro atoms. The van der Waals surface area contributed by atoms with Crippen molar-refractivity contribution in [3.8, 4) is 0 Å². The Morgan fingerprint density at radius 2 is 1.53 bits per heavy atom. The van der Waals surface area contributed by atoms with Crippen molar-refractivity contribution in [2.45, 2.75) is 75.8 Å². The van der Waals surface area contributed by atoms with Crippen LogP contribution in [0.5, 0.6) is 0 Å². The molecular formula is C12H20O3. The van der Waals surface area contributed by atoms with Crippen LogP contribution in [-0.4, -0.2) is 18.0 Å². The summed E-state index contributed by atoms with van der Waals surface area (Å²) in [5, 5.41) is 0.